The van der Waals surface area contributed by atoms with Crippen molar-refractivity contribution in [3.05, 3.63) is 164 Å². The molecule has 0 bridgehead atoms. The van der Waals surface area contributed by atoms with Crippen molar-refractivity contribution in [2.45, 2.75) is 0 Å². The second-order valence-corrected chi connectivity index (χ2v) is 11.7. The van der Waals surface area contributed by atoms with Crippen LogP contribution >= 0.6 is 0 Å². The predicted molar refractivity (Wildman–Crippen MR) is 192 cm³/mol. The summed E-state index contributed by atoms with van der Waals surface area (Å²) in [6, 6.07) is 57.6. The minimum atomic E-state index is 0.650. The van der Waals surface area contributed by atoms with Gasteiger partial charge in [0.15, 0.2) is 17.5 Å². The van der Waals surface area contributed by atoms with Crippen molar-refractivity contribution >= 4 is 43.1 Å². The van der Waals surface area contributed by atoms with Crippen LogP contribution in [0.3, 0.4) is 0 Å². The zero-order valence-electron chi connectivity index (χ0n) is 24.9. The molecule has 46 heavy (non-hydrogen) atoms. The Labute approximate surface area is 266 Å². The highest BCUT2D eigenvalue weighted by molar-refractivity contribution is 6.09. The molecule has 0 unspecified atom stereocenters. The third kappa shape index (κ3) is 4.58. The molecule has 1 aromatic heterocycles. The van der Waals surface area contributed by atoms with E-state index >= 15 is 0 Å². The molecule has 0 atom stereocenters. The van der Waals surface area contributed by atoms with Gasteiger partial charge in [0.05, 0.1) is 0 Å². The Morgan fingerprint density at radius 3 is 1.15 bits per heavy atom. The van der Waals surface area contributed by atoms with Gasteiger partial charge in [-0.15, -0.1) is 0 Å². The highest BCUT2D eigenvalue weighted by atomic mass is 15.0. The lowest BCUT2D eigenvalue weighted by Crippen LogP contribution is -2.00. The molecule has 0 saturated carbocycles. The zero-order valence-corrected chi connectivity index (χ0v) is 24.9. The number of nitrogens with zero attached hydrogens (tertiary/aromatic N) is 3. The molecule has 0 aliphatic heterocycles. The van der Waals surface area contributed by atoms with Crippen molar-refractivity contribution in [3.8, 4) is 45.3 Å². The van der Waals surface area contributed by atoms with E-state index in [9.17, 15) is 0 Å². The van der Waals surface area contributed by atoms with Gasteiger partial charge < -0.3 is 0 Å². The Hall–Kier alpha value is -6.19. The van der Waals surface area contributed by atoms with Gasteiger partial charge in [-0.1, -0.05) is 152 Å². The van der Waals surface area contributed by atoms with Crippen molar-refractivity contribution in [2.75, 3.05) is 0 Å². The summed E-state index contributed by atoms with van der Waals surface area (Å²) in [6.45, 7) is 0. The number of rotatable bonds is 4. The summed E-state index contributed by atoms with van der Waals surface area (Å²) >= 11 is 0. The van der Waals surface area contributed by atoms with Crippen molar-refractivity contribution < 1.29 is 0 Å². The van der Waals surface area contributed by atoms with Crippen molar-refractivity contribution in [1.82, 2.24) is 15.0 Å². The van der Waals surface area contributed by atoms with Crippen LogP contribution in [0.25, 0.3) is 88.4 Å². The molecule has 0 saturated heterocycles. The van der Waals surface area contributed by atoms with E-state index in [1.807, 2.05) is 6.07 Å². The Balaban J connectivity index is 1.20. The average molecular weight is 586 g/mol. The van der Waals surface area contributed by atoms with E-state index < -0.39 is 0 Å². The molecular weight excluding hydrogens is 558 g/mol. The highest BCUT2D eigenvalue weighted by Crippen LogP contribution is 2.33. The van der Waals surface area contributed by atoms with Crippen molar-refractivity contribution in [1.29, 1.82) is 0 Å². The summed E-state index contributed by atoms with van der Waals surface area (Å²) in [5.41, 5.74) is 5.20. The first-order chi connectivity index (χ1) is 22.8. The molecule has 3 nitrogen and oxygen atoms in total. The Morgan fingerprint density at radius 1 is 0.239 bits per heavy atom. The van der Waals surface area contributed by atoms with Gasteiger partial charge in [0.1, 0.15) is 0 Å². The fourth-order valence-electron chi connectivity index (χ4n) is 6.51. The highest BCUT2D eigenvalue weighted by Gasteiger charge is 2.14. The first kappa shape index (κ1) is 26.2. The molecule has 9 rings (SSSR count). The Bertz CT molecular complexity index is 2430. The lowest BCUT2D eigenvalue weighted by Gasteiger charge is -2.11. The van der Waals surface area contributed by atoms with Gasteiger partial charge in [0.25, 0.3) is 0 Å². The molecule has 1 heterocycles. The van der Waals surface area contributed by atoms with Gasteiger partial charge in [0.2, 0.25) is 0 Å². The third-order valence-electron chi connectivity index (χ3n) is 8.89. The number of aromatic nitrogens is 3. The van der Waals surface area contributed by atoms with Crippen molar-refractivity contribution in [2.24, 2.45) is 0 Å². The molecule has 3 heteroatoms. The first-order valence-corrected chi connectivity index (χ1v) is 15.5. The molecule has 8 aromatic carbocycles. The monoisotopic (exact) mass is 585 g/mol. The van der Waals surface area contributed by atoms with E-state index in [0.29, 0.717) is 17.5 Å². The average Bonchev–Trinajstić information content (AvgIpc) is 3.14. The molecular formula is C43H27N3. The summed E-state index contributed by atoms with van der Waals surface area (Å²) < 4.78 is 0. The second-order valence-electron chi connectivity index (χ2n) is 11.7. The second kappa shape index (κ2) is 10.8. The largest absolute Gasteiger partial charge is 0.208 e. The first-order valence-electron chi connectivity index (χ1n) is 15.5. The number of hydrogen-bond donors (Lipinski definition) is 0. The van der Waals surface area contributed by atoms with Crippen LogP contribution in [0.2, 0.25) is 0 Å². The maximum atomic E-state index is 5.08. The molecule has 0 radical (unpaired) electrons. The topological polar surface area (TPSA) is 38.7 Å². The maximum absolute atomic E-state index is 5.08. The summed E-state index contributed by atoms with van der Waals surface area (Å²) in [4.78, 5) is 15.2. The van der Waals surface area contributed by atoms with Gasteiger partial charge >= 0.3 is 0 Å². The number of hydrogen-bond acceptors (Lipinski definition) is 3. The van der Waals surface area contributed by atoms with E-state index in [1.165, 1.54) is 37.9 Å². The van der Waals surface area contributed by atoms with E-state index in [1.54, 1.807) is 0 Å². The van der Waals surface area contributed by atoms with Crippen LogP contribution in [-0.4, -0.2) is 15.0 Å². The van der Waals surface area contributed by atoms with Crippen LogP contribution in [0.1, 0.15) is 0 Å². The van der Waals surface area contributed by atoms with Gasteiger partial charge in [-0.05, 0) is 66.3 Å². The van der Waals surface area contributed by atoms with E-state index in [-0.39, 0.29) is 0 Å². The SMILES string of the molecule is c1ccc(-c2ccc(-c3nc(-c4ccc5c(ccc6ccccc65)c4)nc(-c4ccc5c(ccc6ccccc65)c4)n3)cc2)cc1. The van der Waals surface area contributed by atoms with E-state index in [0.717, 1.165) is 33.0 Å². The molecule has 9 aromatic rings. The predicted octanol–water partition coefficient (Wildman–Crippen LogP) is 11.2. The van der Waals surface area contributed by atoms with Gasteiger partial charge in [-0.3, -0.25) is 0 Å². The summed E-state index contributed by atoms with van der Waals surface area (Å²) in [6.07, 6.45) is 0. The van der Waals surface area contributed by atoms with E-state index in [4.69, 9.17) is 15.0 Å². The zero-order chi connectivity index (χ0) is 30.5. The van der Waals surface area contributed by atoms with Gasteiger partial charge in [0, 0.05) is 16.7 Å². The molecule has 0 aliphatic carbocycles. The lowest BCUT2D eigenvalue weighted by molar-refractivity contribution is 1.08. The molecule has 0 amide bonds. The Kier molecular flexibility index (Phi) is 6.14. The standard InChI is InChI=1S/C43H27N3/c1-2-8-28(9-3-1)29-14-18-32(19-15-29)41-44-42(35-22-24-39-33(26-35)20-16-30-10-4-6-12-37(30)39)46-43(45-41)36-23-25-40-34(27-36)21-17-31-11-5-7-13-38(31)40/h1-27H. The summed E-state index contributed by atoms with van der Waals surface area (Å²) in [5, 5.41) is 9.70. The van der Waals surface area contributed by atoms with Crippen LogP contribution in [0.15, 0.2) is 164 Å². The Morgan fingerprint density at radius 2 is 0.609 bits per heavy atom. The number of fused-ring (bicyclic) bond motifs is 6. The fraction of sp³-hybridized carbons (Fsp3) is 0. The smallest absolute Gasteiger partial charge is 0.164 e. The van der Waals surface area contributed by atoms with Gasteiger partial charge in [-0.2, -0.15) is 0 Å². The quantitative estimate of drug-likeness (QED) is 0.193. The molecule has 214 valence electrons. The molecule has 0 spiro atoms. The molecule has 0 fully saturated rings. The van der Waals surface area contributed by atoms with Crippen molar-refractivity contribution in [3.63, 3.8) is 0 Å². The normalized spacial score (nSPS) is 11.5. The fourth-order valence-corrected chi connectivity index (χ4v) is 6.51. The van der Waals surface area contributed by atoms with Gasteiger partial charge in [-0.25, -0.2) is 15.0 Å². The van der Waals surface area contributed by atoms with Crippen LogP contribution in [0, 0.1) is 0 Å². The van der Waals surface area contributed by atoms with Crippen LogP contribution in [-0.2, 0) is 0 Å². The summed E-state index contributed by atoms with van der Waals surface area (Å²) in [5.74, 6) is 1.96. The minimum absolute atomic E-state index is 0.650. The van der Waals surface area contributed by atoms with Crippen LogP contribution < -0.4 is 0 Å². The number of benzene rings is 8. The molecule has 0 aliphatic rings. The maximum Gasteiger partial charge on any atom is 0.164 e. The van der Waals surface area contributed by atoms with Crippen LogP contribution in [0.5, 0.6) is 0 Å². The minimum Gasteiger partial charge on any atom is -0.208 e. The lowest BCUT2D eigenvalue weighted by atomic mass is 9.99. The third-order valence-corrected chi connectivity index (χ3v) is 8.89. The van der Waals surface area contributed by atoms with E-state index in [2.05, 4.69) is 158 Å². The summed E-state index contributed by atoms with van der Waals surface area (Å²) in [7, 11) is 0. The van der Waals surface area contributed by atoms with Crippen LogP contribution in [0.4, 0.5) is 0 Å². The molecule has 0 N–H and O–H groups in total.